The monoisotopic (exact) mass is 325 g/mol. The van der Waals surface area contributed by atoms with E-state index >= 15 is 0 Å². The fourth-order valence-corrected chi connectivity index (χ4v) is 2.66. The van der Waals surface area contributed by atoms with Crippen molar-refractivity contribution in [1.29, 1.82) is 0 Å². The maximum Gasteiger partial charge on any atom is 0.164 e. The van der Waals surface area contributed by atoms with Gasteiger partial charge >= 0.3 is 0 Å². The van der Waals surface area contributed by atoms with Crippen molar-refractivity contribution in [1.82, 2.24) is 14.5 Å². The Balaban J connectivity index is 2.37. The molecule has 20 heavy (non-hydrogen) atoms. The Labute approximate surface area is 131 Å². The molecule has 0 spiro atoms. The Morgan fingerprint density at radius 2 is 2.00 bits per heavy atom. The van der Waals surface area contributed by atoms with Gasteiger partial charge in [0.05, 0.1) is 16.6 Å². The van der Waals surface area contributed by atoms with Gasteiger partial charge in [-0.1, -0.05) is 23.2 Å². The number of aryl methyl sites for hydroxylation is 1. The molecule has 0 N–H and O–H groups in total. The van der Waals surface area contributed by atoms with Gasteiger partial charge in [0.1, 0.15) is 11.3 Å². The number of benzene rings is 1. The first-order valence-electron chi connectivity index (χ1n) is 5.95. The topological polar surface area (TPSA) is 30.7 Å². The molecule has 0 radical (unpaired) electrons. The minimum Gasteiger partial charge on any atom is -0.278 e. The smallest absolute Gasteiger partial charge is 0.164 e. The van der Waals surface area contributed by atoms with Crippen LogP contribution < -0.4 is 0 Å². The molecule has 3 rings (SSSR count). The number of fused-ring (bicyclic) bond motifs is 1. The van der Waals surface area contributed by atoms with E-state index in [9.17, 15) is 0 Å². The van der Waals surface area contributed by atoms with Crippen LogP contribution in [0.15, 0.2) is 30.5 Å². The van der Waals surface area contributed by atoms with Gasteiger partial charge in [0.25, 0.3) is 0 Å². The lowest BCUT2D eigenvalue weighted by Gasteiger charge is -2.09. The predicted octanol–water partition coefficient (Wildman–Crippen LogP) is 4.77. The van der Waals surface area contributed by atoms with E-state index in [4.69, 9.17) is 34.8 Å². The Kier molecular flexibility index (Phi) is 3.59. The summed E-state index contributed by atoms with van der Waals surface area (Å²) in [5.41, 5.74) is 3.28. The summed E-state index contributed by atoms with van der Waals surface area (Å²) in [4.78, 5) is 8.94. The second kappa shape index (κ2) is 5.24. The zero-order valence-corrected chi connectivity index (χ0v) is 12.8. The van der Waals surface area contributed by atoms with E-state index < -0.39 is 0 Å². The maximum atomic E-state index is 6.27. The van der Waals surface area contributed by atoms with Crippen LogP contribution >= 0.6 is 34.8 Å². The van der Waals surface area contributed by atoms with Gasteiger partial charge in [0.2, 0.25) is 0 Å². The van der Waals surface area contributed by atoms with Crippen molar-refractivity contribution in [2.45, 2.75) is 12.8 Å². The van der Waals surface area contributed by atoms with Crippen molar-refractivity contribution >= 4 is 46.0 Å². The van der Waals surface area contributed by atoms with E-state index in [-0.39, 0.29) is 5.88 Å². The van der Waals surface area contributed by atoms with Crippen LogP contribution in [0.5, 0.6) is 0 Å². The van der Waals surface area contributed by atoms with Gasteiger partial charge in [-0.15, -0.1) is 11.6 Å². The SMILES string of the molecule is Cc1cnc2c(c1)nc(CCl)n2-c1cc(Cl)ccc1Cl. The Bertz CT molecular complexity index is 796. The Morgan fingerprint density at radius 3 is 2.75 bits per heavy atom. The number of aromatic nitrogens is 3. The van der Waals surface area contributed by atoms with E-state index in [1.54, 1.807) is 24.4 Å². The number of pyridine rings is 1. The number of halogens is 3. The zero-order valence-electron chi connectivity index (χ0n) is 10.6. The van der Waals surface area contributed by atoms with Crippen molar-refractivity contribution in [2.24, 2.45) is 0 Å². The van der Waals surface area contributed by atoms with Crippen molar-refractivity contribution in [3.05, 3.63) is 51.9 Å². The van der Waals surface area contributed by atoms with Crippen LogP contribution in [0, 0.1) is 6.92 Å². The maximum absolute atomic E-state index is 6.27. The molecule has 102 valence electrons. The van der Waals surface area contributed by atoms with E-state index in [0.717, 1.165) is 22.4 Å². The molecule has 0 unspecified atom stereocenters. The molecule has 0 aliphatic rings. The highest BCUT2D eigenvalue weighted by atomic mass is 35.5. The number of nitrogens with zero attached hydrogens (tertiary/aromatic N) is 3. The number of rotatable bonds is 2. The normalized spacial score (nSPS) is 11.2. The van der Waals surface area contributed by atoms with Crippen molar-refractivity contribution in [3.8, 4) is 5.69 Å². The molecule has 0 amide bonds. The summed E-state index contributed by atoms with van der Waals surface area (Å²) in [5, 5.41) is 1.17. The fraction of sp³-hybridized carbons (Fsp3) is 0.143. The molecule has 2 heterocycles. The number of hydrogen-bond acceptors (Lipinski definition) is 2. The van der Waals surface area contributed by atoms with Crippen LogP contribution in [0.3, 0.4) is 0 Å². The Hall–Kier alpha value is -1.29. The van der Waals surface area contributed by atoms with Crippen molar-refractivity contribution in [2.75, 3.05) is 0 Å². The van der Waals surface area contributed by atoms with Crippen LogP contribution in [0.1, 0.15) is 11.4 Å². The van der Waals surface area contributed by atoms with Gasteiger partial charge in [-0.25, -0.2) is 9.97 Å². The number of hydrogen-bond donors (Lipinski definition) is 0. The first kappa shape index (κ1) is 13.7. The summed E-state index contributed by atoms with van der Waals surface area (Å²) in [6.07, 6.45) is 1.79. The first-order chi connectivity index (χ1) is 9.60. The minimum atomic E-state index is 0.262. The van der Waals surface area contributed by atoms with Crippen LogP contribution in [0.2, 0.25) is 10.0 Å². The lowest BCUT2D eigenvalue weighted by atomic mass is 10.3. The molecule has 3 aromatic rings. The standard InChI is InChI=1S/C14H10Cl3N3/c1-8-4-11-14(18-7-8)20(13(6-15)19-11)12-5-9(16)2-3-10(12)17/h2-5,7H,6H2,1H3. The van der Waals surface area contributed by atoms with E-state index in [1.807, 2.05) is 17.6 Å². The van der Waals surface area contributed by atoms with Crippen LogP contribution in [-0.2, 0) is 5.88 Å². The summed E-state index contributed by atoms with van der Waals surface area (Å²) >= 11 is 18.3. The summed E-state index contributed by atoms with van der Waals surface area (Å²) < 4.78 is 1.84. The molecule has 0 atom stereocenters. The van der Waals surface area contributed by atoms with Crippen molar-refractivity contribution in [3.63, 3.8) is 0 Å². The highest BCUT2D eigenvalue weighted by Crippen LogP contribution is 2.29. The van der Waals surface area contributed by atoms with Crippen LogP contribution in [0.4, 0.5) is 0 Å². The lowest BCUT2D eigenvalue weighted by molar-refractivity contribution is 0.969. The van der Waals surface area contributed by atoms with Crippen molar-refractivity contribution < 1.29 is 0 Å². The summed E-state index contributed by atoms with van der Waals surface area (Å²) in [6, 6.07) is 7.23. The molecule has 3 nitrogen and oxygen atoms in total. The molecule has 0 aliphatic heterocycles. The van der Waals surface area contributed by atoms with E-state index in [1.165, 1.54) is 0 Å². The van der Waals surface area contributed by atoms with Gasteiger partial charge in [-0.3, -0.25) is 4.57 Å². The van der Waals surface area contributed by atoms with Gasteiger partial charge in [0, 0.05) is 11.2 Å². The predicted molar refractivity (Wildman–Crippen MR) is 83.2 cm³/mol. The van der Waals surface area contributed by atoms with Gasteiger partial charge in [-0.2, -0.15) is 0 Å². The van der Waals surface area contributed by atoms with Gasteiger partial charge < -0.3 is 0 Å². The average Bonchev–Trinajstić information content (AvgIpc) is 2.78. The van der Waals surface area contributed by atoms with E-state index in [0.29, 0.717) is 15.9 Å². The highest BCUT2D eigenvalue weighted by Gasteiger charge is 2.15. The third kappa shape index (κ3) is 2.26. The van der Waals surface area contributed by atoms with E-state index in [2.05, 4.69) is 9.97 Å². The molecular weight excluding hydrogens is 317 g/mol. The van der Waals surface area contributed by atoms with Crippen LogP contribution in [-0.4, -0.2) is 14.5 Å². The molecule has 0 saturated carbocycles. The molecule has 1 aromatic carbocycles. The molecule has 6 heteroatoms. The second-order valence-electron chi connectivity index (χ2n) is 4.45. The highest BCUT2D eigenvalue weighted by molar-refractivity contribution is 6.34. The number of alkyl halides is 1. The third-order valence-electron chi connectivity index (χ3n) is 2.97. The molecule has 0 aliphatic carbocycles. The third-order valence-corrected chi connectivity index (χ3v) is 3.77. The Morgan fingerprint density at radius 1 is 1.20 bits per heavy atom. The summed E-state index contributed by atoms with van der Waals surface area (Å²) in [5.74, 6) is 0.946. The summed E-state index contributed by atoms with van der Waals surface area (Å²) in [7, 11) is 0. The zero-order chi connectivity index (χ0) is 14.3. The molecule has 0 saturated heterocycles. The molecular formula is C14H10Cl3N3. The number of imidazole rings is 1. The summed E-state index contributed by atoms with van der Waals surface area (Å²) in [6.45, 7) is 1.97. The molecule has 2 aromatic heterocycles. The molecule has 0 fully saturated rings. The molecule has 0 bridgehead atoms. The second-order valence-corrected chi connectivity index (χ2v) is 5.56. The first-order valence-corrected chi connectivity index (χ1v) is 7.24. The lowest BCUT2D eigenvalue weighted by Crippen LogP contribution is -2.01. The largest absolute Gasteiger partial charge is 0.278 e. The van der Waals surface area contributed by atoms with Crippen LogP contribution in [0.25, 0.3) is 16.9 Å². The average molecular weight is 327 g/mol. The fourth-order valence-electron chi connectivity index (χ4n) is 2.11. The quantitative estimate of drug-likeness (QED) is 0.635. The minimum absolute atomic E-state index is 0.262. The van der Waals surface area contributed by atoms with Gasteiger partial charge in [0.15, 0.2) is 5.65 Å². The van der Waals surface area contributed by atoms with Gasteiger partial charge in [-0.05, 0) is 36.8 Å².